The number of carboxylic acid groups (broad SMARTS) is 1. The Morgan fingerprint density at radius 2 is 2.10 bits per heavy atom. The molecule has 1 aliphatic rings. The fourth-order valence-electron chi connectivity index (χ4n) is 2.43. The molecule has 0 spiro atoms. The lowest BCUT2D eigenvalue weighted by molar-refractivity contribution is -0.135. The van der Waals surface area contributed by atoms with Crippen LogP contribution >= 0.6 is 0 Å². The summed E-state index contributed by atoms with van der Waals surface area (Å²) in [5, 5.41) is 12.0. The van der Waals surface area contributed by atoms with Crippen molar-refractivity contribution >= 4 is 11.8 Å². The number of aryl methyl sites for hydroxylation is 2. The van der Waals surface area contributed by atoms with Gasteiger partial charge < -0.3 is 10.4 Å². The van der Waals surface area contributed by atoms with E-state index in [-0.39, 0.29) is 24.3 Å². The number of hydrogen-bond donors (Lipinski definition) is 2. The Bertz CT molecular complexity index is 530. The van der Waals surface area contributed by atoms with Gasteiger partial charge in [-0.05, 0) is 43.7 Å². The number of nitrogens with zero attached hydrogens (tertiary/aromatic N) is 1. The normalized spacial score (nSPS) is 14.0. The average Bonchev–Trinajstić information content (AvgIpc) is 2.82. The first kappa shape index (κ1) is 15.6. The number of fused-ring (bicyclic) bond motifs is 1. The third kappa shape index (κ3) is 4.34. The molecule has 1 heterocycles. The SMILES string of the molecule is O=C(O)c1cc2c(nc1NCCCCC(F)(F)F)CCC2. The van der Waals surface area contributed by atoms with Crippen molar-refractivity contribution in [1.82, 2.24) is 4.98 Å². The van der Waals surface area contributed by atoms with Crippen molar-refractivity contribution in [3.05, 3.63) is 22.9 Å². The smallest absolute Gasteiger partial charge is 0.389 e. The average molecular weight is 302 g/mol. The van der Waals surface area contributed by atoms with E-state index in [9.17, 15) is 23.1 Å². The molecular formula is C14H17F3N2O2. The molecule has 0 fully saturated rings. The first-order chi connectivity index (χ1) is 9.87. The van der Waals surface area contributed by atoms with Crippen LogP contribution in [0.3, 0.4) is 0 Å². The molecule has 2 rings (SSSR count). The minimum atomic E-state index is -4.14. The van der Waals surface area contributed by atoms with E-state index in [4.69, 9.17) is 0 Å². The fraction of sp³-hybridized carbons (Fsp3) is 0.571. The second-order valence-corrected chi connectivity index (χ2v) is 5.15. The van der Waals surface area contributed by atoms with Crippen molar-refractivity contribution < 1.29 is 23.1 Å². The van der Waals surface area contributed by atoms with Crippen LogP contribution in [0, 0.1) is 0 Å². The lowest BCUT2D eigenvalue weighted by Crippen LogP contribution is -2.12. The predicted octanol–water partition coefficient (Wildman–Crippen LogP) is 3.41. The number of pyridine rings is 1. The Morgan fingerprint density at radius 1 is 1.33 bits per heavy atom. The first-order valence-electron chi connectivity index (χ1n) is 6.93. The molecule has 0 aliphatic heterocycles. The maximum atomic E-state index is 12.0. The van der Waals surface area contributed by atoms with Crippen LogP contribution in [0.2, 0.25) is 0 Å². The number of aromatic nitrogens is 1. The van der Waals surface area contributed by atoms with Gasteiger partial charge in [-0.15, -0.1) is 0 Å². The summed E-state index contributed by atoms with van der Waals surface area (Å²) in [7, 11) is 0. The highest BCUT2D eigenvalue weighted by Gasteiger charge is 2.26. The summed E-state index contributed by atoms with van der Waals surface area (Å²) in [5.74, 6) is -0.815. The third-order valence-electron chi connectivity index (χ3n) is 3.46. The first-order valence-corrected chi connectivity index (χ1v) is 6.93. The summed E-state index contributed by atoms with van der Waals surface area (Å²) < 4.78 is 36.0. The predicted molar refractivity (Wildman–Crippen MR) is 71.6 cm³/mol. The Kier molecular flexibility index (Phi) is 4.69. The van der Waals surface area contributed by atoms with Crippen LogP contribution in [0.4, 0.5) is 19.0 Å². The van der Waals surface area contributed by atoms with Crippen molar-refractivity contribution in [3.63, 3.8) is 0 Å². The number of carboxylic acids is 1. The van der Waals surface area contributed by atoms with Crippen LogP contribution in [-0.2, 0) is 12.8 Å². The van der Waals surface area contributed by atoms with Crippen LogP contribution < -0.4 is 5.32 Å². The standard InChI is InChI=1S/C14H17F3N2O2/c15-14(16,17)6-1-2-7-18-12-10(13(20)21)8-9-4-3-5-11(9)19-12/h8H,1-7H2,(H,18,19)(H,20,21). The number of rotatable bonds is 6. The molecular weight excluding hydrogens is 285 g/mol. The van der Waals surface area contributed by atoms with E-state index in [1.54, 1.807) is 6.07 Å². The molecule has 4 nitrogen and oxygen atoms in total. The Labute approximate surface area is 120 Å². The van der Waals surface area contributed by atoms with Crippen molar-refractivity contribution in [3.8, 4) is 0 Å². The lowest BCUT2D eigenvalue weighted by atomic mass is 10.1. The number of halogens is 3. The molecule has 1 aromatic rings. The maximum Gasteiger partial charge on any atom is 0.389 e. The Balaban J connectivity index is 1.95. The van der Waals surface area contributed by atoms with Gasteiger partial charge in [-0.3, -0.25) is 0 Å². The number of hydrogen-bond acceptors (Lipinski definition) is 3. The fourth-order valence-corrected chi connectivity index (χ4v) is 2.43. The van der Waals surface area contributed by atoms with E-state index >= 15 is 0 Å². The molecule has 0 aromatic carbocycles. The van der Waals surface area contributed by atoms with Gasteiger partial charge in [0.15, 0.2) is 0 Å². The summed E-state index contributed by atoms with van der Waals surface area (Å²) in [6, 6.07) is 1.62. The Morgan fingerprint density at radius 3 is 2.76 bits per heavy atom. The van der Waals surface area contributed by atoms with Crippen LogP contribution in [0.15, 0.2) is 6.07 Å². The monoisotopic (exact) mass is 302 g/mol. The second kappa shape index (κ2) is 6.32. The van der Waals surface area contributed by atoms with Crippen LogP contribution in [0.25, 0.3) is 0 Å². The highest BCUT2D eigenvalue weighted by Crippen LogP contribution is 2.26. The topological polar surface area (TPSA) is 62.2 Å². The molecule has 0 amide bonds. The molecule has 0 saturated carbocycles. The molecule has 7 heteroatoms. The van der Waals surface area contributed by atoms with Crippen LogP contribution in [0.1, 0.15) is 47.3 Å². The van der Waals surface area contributed by atoms with Crippen molar-refractivity contribution in [2.45, 2.75) is 44.7 Å². The quantitative estimate of drug-likeness (QED) is 0.790. The highest BCUT2D eigenvalue weighted by molar-refractivity contribution is 5.93. The van der Waals surface area contributed by atoms with Gasteiger partial charge in [0.1, 0.15) is 11.4 Å². The van der Waals surface area contributed by atoms with Crippen LogP contribution in [0.5, 0.6) is 0 Å². The molecule has 1 aliphatic carbocycles. The van der Waals surface area contributed by atoms with Crippen molar-refractivity contribution in [1.29, 1.82) is 0 Å². The number of carbonyl (C=O) groups is 1. The summed E-state index contributed by atoms with van der Waals surface area (Å²) in [4.78, 5) is 15.5. The molecule has 0 unspecified atom stereocenters. The molecule has 0 radical (unpaired) electrons. The van der Waals surface area contributed by atoms with Gasteiger partial charge in [-0.1, -0.05) is 0 Å². The van der Waals surface area contributed by atoms with Gasteiger partial charge in [0.2, 0.25) is 0 Å². The van der Waals surface area contributed by atoms with Crippen molar-refractivity contribution in [2.75, 3.05) is 11.9 Å². The number of aromatic carboxylic acids is 1. The third-order valence-corrected chi connectivity index (χ3v) is 3.46. The zero-order chi connectivity index (χ0) is 15.5. The van der Waals surface area contributed by atoms with E-state index < -0.39 is 18.6 Å². The molecule has 0 atom stereocenters. The van der Waals surface area contributed by atoms with Gasteiger partial charge in [0, 0.05) is 18.7 Å². The molecule has 116 valence electrons. The van der Waals surface area contributed by atoms with Gasteiger partial charge in [0.25, 0.3) is 0 Å². The summed E-state index contributed by atoms with van der Waals surface area (Å²) in [6.45, 7) is 0.280. The van der Waals surface area contributed by atoms with Crippen LogP contribution in [-0.4, -0.2) is 28.8 Å². The number of anilines is 1. The minimum Gasteiger partial charge on any atom is -0.478 e. The van der Waals surface area contributed by atoms with Gasteiger partial charge in [0.05, 0.1) is 0 Å². The molecule has 2 N–H and O–H groups in total. The van der Waals surface area contributed by atoms with Crippen molar-refractivity contribution in [2.24, 2.45) is 0 Å². The maximum absolute atomic E-state index is 12.0. The van der Waals surface area contributed by atoms with E-state index in [2.05, 4.69) is 10.3 Å². The lowest BCUT2D eigenvalue weighted by Gasteiger charge is -2.11. The largest absolute Gasteiger partial charge is 0.478 e. The summed E-state index contributed by atoms with van der Waals surface area (Å²) in [6.07, 6.45) is -2.03. The second-order valence-electron chi connectivity index (χ2n) is 5.15. The molecule has 21 heavy (non-hydrogen) atoms. The van der Waals surface area contributed by atoms with E-state index in [0.29, 0.717) is 6.42 Å². The molecule has 1 aromatic heterocycles. The highest BCUT2D eigenvalue weighted by atomic mass is 19.4. The Hall–Kier alpha value is -1.79. The zero-order valence-electron chi connectivity index (χ0n) is 11.5. The molecule has 0 bridgehead atoms. The van der Waals surface area contributed by atoms with E-state index in [1.807, 2.05) is 0 Å². The van der Waals surface area contributed by atoms with Gasteiger partial charge in [-0.25, -0.2) is 9.78 Å². The number of nitrogens with one attached hydrogen (secondary N) is 1. The summed E-state index contributed by atoms with van der Waals surface area (Å²) in [5.41, 5.74) is 1.93. The van der Waals surface area contributed by atoms with E-state index in [1.165, 1.54) is 0 Å². The zero-order valence-corrected chi connectivity index (χ0v) is 11.5. The van der Waals surface area contributed by atoms with Gasteiger partial charge in [-0.2, -0.15) is 13.2 Å². The van der Waals surface area contributed by atoms with Gasteiger partial charge >= 0.3 is 12.1 Å². The van der Waals surface area contributed by atoms with E-state index in [0.717, 1.165) is 30.5 Å². The molecule has 0 saturated heterocycles. The number of alkyl halides is 3. The minimum absolute atomic E-state index is 0.0177. The number of unbranched alkanes of at least 4 members (excludes halogenated alkanes) is 1. The summed E-state index contributed by atoms with van der Waals surface area (Å²) >= 11 is 0.